The Balaban J connectivity index is 1.61. The van der Waals surface area contributed by atoms with Crippen LogP contribution in [0.4, 0.5) is 11.4 Å². The van der Waals surface area contributed by atoms with Crippen LogP contribution in [-0.4, -0.2) is 11.8 Å². The first-order valence-electron chi connectivity index (χ1n) is 9.23. The zero-order valence-corrected chi connectivity index (χ0v) is 16.2. The fourth-order valence-electron chi connectivity index (χ4n) is 2.65. The first-order valence-corrected chi connectivity index (χ1v) is 9.23. The predicted molar refractivity (Wildman–Crippen MR) is 119 cm³/mol. The van der Waals surface area contributed by atoms with E-state index >= 15 is 0 Å². The highest BCUT2D eigenvalue weighted by atomic mass is 16.2. The molecule has 0 heterocycles. The highest BCUT2D eigenvalue weighted by molar-refractivity contribution is 6.03. The van der Waals surface area contributed by atoms with Gasteiger partial charge in [-0.1, -0.05) is 61.2 Å². The van der Waals surface area contributed by atoms with Crippen LogP contribution in [0.3, 0.4) is 0 Å². The second-order valence-corrected chi connectivity index (χ2v) is 6.62. The fourth-order valence-corrected chi connectivity index (χ4v) is 2.65. The smallest absolute Gasteiger partial charge is 0.250 e. The molecule has 0 radical (unpaired) electrons. The zero-order chi connectivity index (χ0) is 20.6. The highest BCUT2D eigenvalue weighted by Gasteiger charge is 2.04. The molecule has 3 rings (SSSR count). The van der Waals surface area contributed by atoms with Gasteiger partial charge in [-0.15, -0.1) is 0 Å². The van der Waals surface area contributed by atoms with Crippen molar-refractivity contribution in [2.75, 3.05) is 10.6 Å². The third-order valence-corrected chi connectivity index (χ3v) is 4.24. The molecule has 0 aliphatic heterocycles. The standard InChI is InChI=1S/C25H22N2O2/c1-18(2)25(29)27-23-15-11-21(12-16-23)20-9-13-22(14-10-20)26-24(28)17-8-19-6-4-3-5-7-19/h3-17H,1H2,2H3,(H,26,28)(H,27,29)/b17-8+. The van der Waals surface area contributed by atoms with Crippen LogP contribution in [-0.2, 0) is 9.59 Å². The number of carbonyl (C=O) groups is 2. The third kappa shape index (κ3) is 5.78. The molecule has 2 N–H and O–H groups in total. The van der Waals surface area contributed by atoms with Gasteiger partial charge in [0.15, 0.2) is 0 Å². The summed E-state index contributed by atoms with van der Waals surface area (Å²) in [6, 6.07) is 24.8. The van der Waals surface area contributed by atoms with Crippen molar-refractivity contribution in [2.24, 2.45) is 0 Å². The highest BCUT2D eigenvalue weighted by Crippen LogP contribution is 2.23. The molecule has 0 bridgehead atoms. The minimum absolute atomic E-state index is 0.181. The van der Waals surface area contributed by atoms with Gasteiger partial charge in [-0.3, -0.25) is 9.59 Å². The van der Waals surface area contributed by atoms with Crippen molar-refractivity contribution >= 4 is 29.3 Å². The molecular formula is C25H22N2O2. The van der Waals surface area contributed by atoms with Crippen LogP contribution in [0, 0.1) is 0 Å². The monoisotopic (exact) mass is 382 g/mol. The van der Waals surface area contributed by atoms with Gasteiger partial charge in [-0.05, 0) is 54.0 Å². The Labute approximate surface area is 170 Å². The quantitative estimate of drug-likeness (QED) is 0.552. The van der Waals surface area contributed by atoms with Crippen LogP contribution in [0.15, 0.2) is 97.1 Å². The predicted octanol–water partition coefficient (Wildman–Crippen LogP) is 5.52. The summed E-state index contributed by atoms with van der Waals surface area (Å²) in [5.74, 6) is -0.377. The van der Waals surface area contributed by atoms with Gasteiger partial charge in [0.2, 0.25) is 5.91 Å². The molecular weight excluding hydrogens is 360 g/mol. The maximum absolute atomic E-state index is 12.1. The Hall–Kier alpha value is -3.92. The van der Waals surface area contributed by atoms with Crippen molar-refractivity contribution in [1.29, 1.82) is 0 Å². The average Bonchev–Trinajstić information content (AvgIpc) is 2.74. The van der Waals surface area contributed by atoms with Crippen molar-refractivity contribution < 1.29 is 9.59 Å². The number of carbonyl (C=O) groups excluding carboxylic acids is 2. The zero-order valence-electron chi connectivity index (χ0n) is 16.2. The summed E-state index contributed by atoms with van der Waals surface area (Å²) in [7, 11) is 0. The van der Waals surface area contributed by atoms with E-state index in [0.717, 1.165) is 28.1 Å². The van der Waals surface area contributed by atoms with Crippen molar-refractivity contribution in [3.63, 3.8) is 0 Å². The first kappa shape index (κ1) is 19.8. The van der Waals surface area contributed by atoms with Gasteiger partial charge >= 0.3 is 0 Å². The van der Waals surface area contributed by atoms with E-state index in [1.54, 1.807) is 13.0 Å². The van der Waals surface area contributed by atoms with Crippen molar-refractivity contribution in [1.82, 2.24) is 0 Å². The molecule has 4 heteroatoms. The second kappa shape index (κ2) is 9.33. The molecule has 0 saturated heterocycles. The average molecular weight is 382 g/mol. The number of anilines is 2. The summed E-state index contributed by atoms with van der Waals surface area (Å²) < 4.78 is 0. The summed E-state index contributed by atoms with van der Waals surface area (Å²) in [5.41, 5.74) is 4.91. The molecule has 0 fully saturated rings. The Morgan fingerprint density at radius 2 is 1.28 bits per heavy atom. The summed E-state index contributed by atoms with van der Waals surface area (Å²) in [6.07, 6.45) is 3.29. The molecule has 144 valence electrons. The van der Waals surface area contributed by atoms with E-state index in [0.29, 0.717) is 5.57 Å². The molecule has 29 heavy (non-hydrogen) atoms. The van der Waals surface area contributed by atoms with Gasteiger partial charge in [0.1, 0.15) is 0 Å². The lowest BCUT2D eigenvalue weighted by Gasteiger charge is -2.08. The molecule has 0 unspecified atom stereocenters. The molecule has 4 nitrogen and oxygen atoms in total. The van der Waals surface area contributed by atoms with Crippen molar-refractivity contribution in [3.8, 4) is 11.1 Å². The number of benzene rings is 3. The van der Waals surface area contributed by atoms with Crippen LogP contribution in [0.2, 0.25) is 0 Å². The van der Waals surface area contributed by atoms with Crippen LogP contribution in [0.1, 0.15) is 12.5 Å². The summed E-state index contributed by atoms with van der Waals surface area (Å²) >= 11 is 0. The first-order chi connectivity index (χ1) is 14.0. The van der Waals surface area contributed by atoms with Gasteiger partial charge in [0.25, 0.3) is 5.91 Å². The van der Waals surface area contributed by atoms with Crippen molar-refractivity contribution in [2.45, 2.75) is 6.92 Å². The molecule has 0 spiro atoms. The largest absolute Gasteiger partial charge is 0.323 e. The van der Waals surface area contributed by atoms with E-state index in [1.165, 1.54) is 6.08 Å². The van der Waals surface area contributed by atoms with Gasteiger partial charge in [0.05, 0.1) is 0 Å². The molecule has 0 atom stereocenters. The topological polar surface area (TPSA) is 58.2 Å². The Morgan fingerprint density at radius 1 is 0.759 bits per heavy atom. The summed E-state index contributed by atoms with van der Waals surface area (Å²) in [5, 5.41) is 5.63. The number of hydrogen-bond donors (Lipinski definition) is 2. The molecule has 2 amide bonds. The number of rotatable bonds is 6. The van der Waals surface area contributed by atoms with Crippen LogP contribution in [0.25, 0.3) is 17.2 Å². The van der Waals surface area contributed by atoms with Crippen LogP contribution >= 0.6 is 0 Å². The number of amides is 2. The lowest BCUT2D eigenvalue weighted by Crippen LogP contribution is -2.11. The fraction of sp³-hybridized carbons (Fsp3) is 0.0400. The molecule has 0 aromatic heterocycles. The Kier molecular flexibility index (Phi) is 6.38. The van der Waals surface area contributed by atoms with Gasteiger partial charge in [-0.2, -0.15) is 0 Å². The van der Waals surface area contributed by atoms with E-state index in [1.807, 2.05) is 78.9 Å². The SMILES string of the molecule is C=C(C)C(=O)Nc1ccc(-c2ccc(NC(=O)/C=C/c3ccccc3)cc2)cc1. The van der Waals surface area contributed by atoms with Gasteiger partial charge < -0.3 is 10.6 Å². The van der Waals surface area contributed by atoms with Gasteiger partial charge in [0, 0.05) is 23.0 Å². The lowest BCUT2D eigenvalue weighted by molar-refractivity contribution is -0.113. The normalized spacial score (nSPS) is 10.5. The van der Waals surface area contributed by atoms with E-state index in [4.69, 9.17) is 0 Å². The minimum Gasteiger partial charge on any atom is -0.323 e. The van der Waals surface area contributed by atoms with Crippen molar-refractivity contribution in [3.05, 3.63) is 103 Å². The number of hydrogen-bond acceptors (Lipinski definition) is 2. The minimum atomic E-state index is -0.195. The molecule has 0 aliphatic rings. The van der Waals surface area contributed by atoms with E-state index < -0.39 is 0 Å². The second-order valence-electron chi connectivity index (χ2n) is 6.62. The summed E-state index contributed by atoms with van der Waals surface area (Å²) in [4.78, 5) is 23.7. The maximum Gasteiger partial charge on any atom is 0.250 e. The third-order valence-electron chi connectivity index (χ3n) is 4.24. The molecule has 3 aromatic carbocycles. The molecule has 0 saturated carbocycles. The maximum atomic E-state index is 12.1. The van der Waals surface area contributed by atoms with Crippen LogP contribution < -0.4 is 10.6 Å². The van der Waals surface area contributed by atoms with E-state index in [9.17, 15) is 9.59 Å². The van der Waals surface area contributed by atoms with Crippen LogP contribution in [0.5, 0.6) is 0 Å². The molecule has 3 aromatic rings. The van der Waals surface area contributed by atoms with Gasteiger partial charge in [-0.25, -0.2) is 0 Å². The summed E-state index contributed by atoms with van der Waals surface area (Å²) in [6.45, 7) is 5.29. The van der Waals surface area contributed by atoms with E-state index in [2.05, 4.69) is 17.2 Å². The Bertz CT molecular complexity index is 1030. The molecule has 0 aliphatic carbocycles. The number of nitrogens with one attached hydrogen (secondary N) is 2. The van der Waals surface area contributed by atoms with E-state index in [-0.39, 0.29) is 11.8 Å². The lowest BCUT2D eigenvalue weighted by atomic mass is 10.0. The Morgan fingerprint density at radius 3 is 1.79 bits per heavy atom.